The number of rotatable bonds is 11. The van der Waals surface area contributed by atoms with E-state index in [2.05, 4.69) is 5.32 Å². The third-order valence-electron chi connectivity index (χ3n) is 6.34. The number of nitro groups is 1. The molecule has 1 aliphatic heterocycles. The smallest absolute Gasteiger partial charge is 0.341 e. The highest BCUT2D eigenvalue weighted by atomic mass is 32.1. The van der Waals surface area contributed by atoms with Gasteiger partial charge in [-0.05, 0) is 38.3 Å². The van der Waals surface area contributed by atoms with Gasteiger partial charge in [-0.1, -0.05) is 42.8 Å². The van der Waals surface area contributed by atoms with Crippen LogP contribution in [0.4, 0.5) is 10.7 Å². The van der Waals surface area contributed by atoms with Crippen molar-refractivity contribution in [3.63, 3.8) is 0 Å². The maximum absolute atomic E-state index is 12.8. The fourth-order valence-corrected chi connectivity index (χ4v) is 5.66. The monoisotopic (exact) mass is 549 g/mol. The zero-order valence-corrected chi connectivity index (χ0v) is 22.3. The molecular formula is C28H27N3O7S. The summed E-state index contributed by atoms with van der Waals surface area (Å²) in [7, 11) is 0. The van der Waals surface area contributed by atoms with Crippen LogP contribution in [0, 0.1) is 17.0 Å². The number of hydrogen-bond donors (Lipinski definition) is 1. The molecular weight excluding hydrogens is 522 g/mol. The number of carbonyl (C=O) groups excluding carboxylic acids is 4. The van der Waals surface area contributed by atoms with Crippen molar-refractivity contribution in [2.75, 3.05) is 18.5 Å². The predicted molar refractivity (Wildman–Crippen MR) is 146 cm³/mol. The number of carbonyl (C=O) groups is 4. The first-order valence-electron chi connectivity index (χ1n) is 12.5. The molecule has 1 aliphatic rings. The molecule has 3 aromatic rings. The molecule has 39 heavy (non-hydrogen) atoms. The van der Waals surface area contributed by atoms with E-state index in [4.69, 9.17) is 4.74 Å². The number of amides is 3. The van der Waals surface area contributed by atoms with Crippen LogP contribution in [0.2, 0.25) is 0 Å². The van der Waals surface area contributed by atoms with Gasteiger partial charge in [0, 0.05) is 29.5 Å². The van der Waals surface area contributed by atoms with Crippen LogP contribution in [0.1, 0.15) is 68.6 Å². The van der Waals surface area contributed by atoms with Gasteiger partial charge in [-0.3, -0.25) is 29.4 Å². The van der Waals surface area contributed by atoms with E-state index in [0.717, 1.165) is 20.9 Å². The number of unbranched alkanes of at least 4 members (excludes halogenated alkanes) is 2. The lowest BCUT2D eigenvalue weighted by Gasteiger charge is -2.13. The first-order valence-corrected chi connectivity index (χ1v) is 13.4. The minimum absolute atomic E-state index is 0.0343. The van der Waals surface area contributed by atoms with E-state index in [1.807, 2.05) is 37.3 Å². The van der Waals surface area contributed by atoms with Crippen LogP contribution in [-0.2, 0) is 9.53 Å². The number of fused-ring (bicyclic) bond motifs is 1. The number of benzene rings is 2. The van der Waals surface area contributed by atoms with Crippen molar-refractivity contribution < 1.29 is 28.8 Å². The van der Waals surface area contributed by atoms with Crippen molar-refractivity contribution in [2.24, 2.45) is 0 Å². The molecule has 0 saturated carbocycles. The van der Waals surface area contributed by atoms with E-state index < -0.39 is 22.7 Å². The molecule has 4 rings (SSSR count). The number of anilines is 1. The summed E-state index contributed by atoms with van der Waals surface area (Å²) in [5.41, 5.74) is 1.39. The van der Waals surface area contributed by atoms with Gasteiger partial charge in [-0.25, -0.2) is 4.79 Å². The molecule has 1 N–H and O–H groups in total. The molecule has 2 heterocycles. The topological polar surface area (TPSA) is 136 Å². The van der Waals surface area contributed by atoms with Crippen molar-refractivity contribution in [1.82, 2.24) is 4.90 Å². The first-order chi connectivity index (χ1) is 18.7. The van der Waals surface area contributed by atoms with E-state index in [0.29, 0.717) is 29.8 Å². The Morgan fingerprint density at radius 2 is 1.74 bits per heavy atom. The van der Waals surface area contributed by atoms with Gasteiger partial charge in [0.25, 0.3) is 17.5 Å². The standard InChI is InChI=1S/C28H27N3O7S/c1-3-38-28(35)24-22(18-11-6-4-7-12-18)17(2)39-25(24)29-21(32)15-8-5-9-16-30-26(33)19-13-10-14-20(31(36)37)23(19)27(30)34/h4,6-7,10-14H,3,5,8-9,15-16H2,1-2H3,(H,29,32). The number of aryl methyl sites for hydroxylation is 1. The normalized spacial score (nSPS) is 12.4. The molecule has 2 aromatic carbocycles. The summed E-state index contributed by atoms with van der Waals surface area (Å²) in [6.45, 7) is 3.92. The van der Waals surface area contributed by atoms with Crippen LogP contribution in [-0.4, -0.2) is 46.7 Å². The summed E-state index contributed by atoms with van der Waals surface area (Å²) < 4.78 is 5.27. The van der Waals surface area contributed by atoms with Crippen LogP contribution in [0.25, 0.3) is 11.1 Å². The van der Waals surface area contributed by atoms with Crippen molar-refractivity contribution in [3.8, 4) is 11.1 Å². The Morgan fingerprint density at radius 3 is 2.44 bits per heavy atom. The van der Waals surface area contributed by atoms with Crippen LogP contribution in [0.15, 0.2) is 48.5 Å². The second-order valence-electron chi connectivity index (χ2n) is 8.90. The molecule has 0 spiro atoms. The molecule has 0 bridgehead atoms. The van der Waals surface area contributed by atoms with Crippen LogP contribution in [0.3, 0.4) is 0 Å². The predicted octanol–water partition coefficient (Wildman–Crippen LogP) is 5.60. The van der Waals surface area contributed by atoms with Crippen molar-refractivity contribution in [2.45, 2.75) is 39.5 Å². The molecule has 0 unspecified atom stereocenters. The van der Waals surface area contributed by atoms with Gasteiger partial charge < -0.3 is 10.1 Å². The van der Waals surface area contributed by atoms with Crippen molar-refractivity contribution in [1.29, 1.82) is 0 Å². The average Bonchev–Trinajstić information content (AvgIpc) is 3.37. The van der Waals surface area contributed by atoms with Gasteiger partial charge in [0.15, 0.2) is 0 Å². The highest BCUT2D eigenvalue weighted by molar-refractivity contribution is 7.17. The Hall–Kier alpha value is -4.38. The second-order valence-corrected chi connectivity index (χ2v) is 10.1. The summed E-state index contributed by atoms with van der Waals surface area (Å²) in [6.07, 6.45) is 1.65. The quantitative estimate of drug-likeness (QED) is 0.108. The Bertz CT molecular complexity index is 1450. The number of ether oxygens (including phenoxy) is 1. The van der Waals surface area contributed by atoms with Gasteiger partial charge >= 0.3 is 5.97 Å². The summed E-state index contributed by atoms with van der Waals surface area (Å²) in [5.74, 6) is -1.99. The molecule has 0 fully saturated rings. The Labute approximate surface area is 228 Å². The largest absolute Gasteiger partial charge is 0.462 e. The van der Waals surface area contributed by atoms with Gasteiger partial charge in [0.2, 0.25) is 5.91 Å². The van der Waals surface area contributed by atoms with Gasteiger partial charge in [0.05, 0.1) is 17.1 Å². The van der Waals surface area contributed by atoms with Crippen LogP contribution < -0.4 is 5.32 Å². The molecule has 1 aromatic heterocycles. The number of hydrogen-bond acceptors (Lipinski definition) is 8. The van der Waals surface area contributed by atoms with Crippen molar-refractivity contribution >= 4 is 45.7 Å². The Balaban J connectivity index is 1.34. The third kappa shape index (κ3) is 5.73. The molecule has 0 radical (unpaired) electrons. The fraction of sp³-hybridized carbons (Fsp3) is 0.286. The minimum atomic E-state index is -0.672. The Kier molecular flexibility index (Phi) is 8.50. The van der Waals surface area contributed by atoms with Gasteiger partial charge in [0.1, 0.15) is 16.1 Å². The number of imide groups is 1. The number of esters is 1. The zero-order valence-electron chi connectivity index (χ0n) is 21.5. The third-order valence-corrected chi connectivity index (χ3v) is 7.36. The van der Waals surface area contributed by atoms with E-state index in [-0.39, 0.29) is 42.3 Å². The van der Waals surface area contributed by atoms with Crippen molar-refractivity contribution in [3.05, 3.63) is 80.2 Å². The molecule has 0 saturated heterocycles. The lowest BCUT2D eigenvalue weighted by molar-refractivity contribution is -0.385. The number of thiophene rings is 1. The van der Waals surface area contributed by atoms with E-state index in [9.17, 15) is 29.3 Å². The number of nitrogens with one attached hydrogen (secondary N) is 1. The maximum atomic E-state index is 12.8. The summed E-state index contributed by atoms with van der Waals surface area (Å²) in [5, 5.41) is 14.5. The minimum Gasteiger partial charge on any atom is -0.462 e. The summed E-state index contributed by atoms with van der Waals surface area (Å²) in [4.78, 5) is 63.3. The molecule has 11 heteroatoms. The van der Waals surface area contributed by atoms with Crippen LogP contribution in [0.5, 0.6) is 0 Å². The molecule has 10 nitrogen and oxygen atoms in total. The zero-order chi connectivity index (χ0) is 28.1. The molecule has 3 amide bonds. The van der Waals surface area contributed by atoms with E-state index >= 15 is 0 Å². The lowest BCUT2D eigenvalue weighted by Crippen LogP contribution is -2.30. The molecule has 0 aliphatic carbocycles. The van der Waals surface area contributed by atoms with E-state index in [1.54, 1.807) is 6.92 Å². The first kappa shape index (κ1) is 27.6. The average molecular weight is 550 g/mol. The van der Waals surface area contributed by atoms with Gasteiger partial charge in [-0.2, -0.15) is 0 Å². The maximum Gasteiger partial charge on any atom is 0.341 e. The molecule has 0 atom stereocenters. The number of nitrogens with zero attached hydrogens (tertiary/aromatic N) is 2. The fourth-order valence-electron chi connectivity index (χ4n) is 4.58. The van der Waals surface area contributed by atoms with Gasteiger partial charge in [-0.15, -0.1) is 11.3 Å². The van der Waals surface area contributed by atoms with Crippen LogP contribution >= 0.6 is 11.3 Å². The lowest BCUT2D eigenvalue weighted by atomic mass is 10.0. The SMILES string of the molecule is CCOC(=O)c1c(NC(=O)CCCCCN2C(=O)c3cccc([N+](=O)[O-])c3C2=O)sc(C)c1-c1ccccc1. The highest BCUT2D eigenvalue weighted by Gasteiger charge is 2.40. The van der Waals surface area contributed by atoms with E-state index in [1.165, 1.54) is 29.5 Å². The number of nitro benzene ring substituents is 1. The second kappa shape index (κ2) is 12.0. The highest BCUT2D eigenvalue weighted by Crippen LogP contribution is 2.40. The summed E-state index contributed by atoms with van der Waals surface area (Å²) in [6, 6.07) is 13.4. The summed E-state index contributed by atoms with van der Waals surface area (Å²) >= 11 is 1.31. The molecule has 202 valence electrons. The Morgan fingerprint density at radius 1 is 1.00 bits per heavy atom.